The Labute approximate surface area is 90.7 Å². The molecule has 1 aliphatic heterocycles. The van der Waals surface area contributed by atoms with Crippen LogP contribution in [0.4, 0.5) is 5.82 Å². The Balaban J connectivity index is 0.000000980. The van der Waals surface area contributed by atoms with Gasteiger partial charge in [-0.1, -0.05) is 6.07 Å². The number of rotatable bonds is 1. The first-order chi connectivity index (χ1) is 6.25. The van der Waals surface area contributed by atoms with Crippen LogP contribution in [0.3, 0.4) is 0 Å². The Morgan fingerprint density at radius 1 is 1.50 bits per heavy atom. The van der Waals surface area contributed by atoms with E-state index in [0.29, 0.717) is 6.04 Å². The Kier molecular flexibility index (Phi) is 3.72. The van der Waals surface area contributed by atoms with Gasteiger partial charge in [0.2, 0.25) is 0 Å². The minimum Gasteiger partial charge on any atom is -0.355 e. The van der Waals surface area contributed by atoms with Crippen LogP contribution in [-0.4, -0.2) is 24.1 Å². The molecule has 3 nitrogen and oxygen atoms in total. The Morgan fingerprint density at radius 2 is 2.29 bits per heavy atom. The summed E-state index contributed by atoms with van der Waals surface area (Å²) in [6.07, 6.45) is 2.98. The number of hydrogen-bond donors (Lipinski definition) is 1. The highest BCUT2D eigenvalue weighted by molar-refractivity contribution is 5.85. The largest absolute Gasteiger partial charge is 0.355 e. The van der Waals surface area contributed by atoms with Crippen LogP contribution in [0.1, 0.15) is 12.0 Å². The normalized spacial score (nSPS) is 20.7. The van der Waals surface area contributed by atoms with Crippen LogP contribution < -0.4 is 10.6 Å². The molecule has 0 unspecified atom stereocenters. The zero-order valence-electron chi connectivity index (χ0n) is 8.31. The average molecular weight is 214 g/mol. The second kappa shape index (κ2) is 4.62. The molecule has 2 N–H and O–H groups in total. The molecule has 0 aromatic carbocycles. The van der Waals surface area contributed by atoms with Gasteiger partial charge in [0.05, 0.1) is 0 Å². The fraction of sp³-hybridized carbons (Fsp3) is 0.500. The van der Waals surface area contributed by atoms with Crippen LogP contribution in [0.15, 0.2) is 18.3 Å². The topological polar surface area (TPSA) is 42.1 Å². The maximum Gasteiger partial charge on any atom is 0.128 e. The molecule has 14 heavy (non-hydrogen) atoms. The van der Waals surface area contributed by atoms with Gasteiger partial charge in [-0.25, -0.2) is 4.98 Å². The average Bonchev–Trinajstić information content (AvgIpc) is 2.53. The summed E-state index contributed by atoms with van der Waals surface area (Å²) >= 11 is 0. The van der Waals surface area contributed by atoms with Crippen molar-refractivity contribution in [3.63, 3.8) is 0 Å². The number of aryl methyl sites for hydroxylation is 1. The molecule has 0 aliphatic carbocycles. The van der Waals surface area contributed by atoms with Crippen LogP contribution in [0.25, 0.3) is 0 Å². The van der Waals surface area contributed by atoms with Crippen molar-refractivity contribution in [2.75, 3.05) is 18.0 Å². The van der Waals surface area contributed by atoms with Gasteiger partial charge >= 0.3 is 0 Å². The molecule has 1 fully saturated rings. The number of pyridine rings is 1. The maximum atomic E-state index is 5.82. The van der Waals surface area contributed by atoms with Gasteiger partial charge in [-0.15, -0.1) is 12.4 Å². The second-order valence-electron chi connectivity index (χ2n) is 3.69. The molecule has 0 bridgehead atoms. The smallest absolute Gasteiger partial charge is 0.128 e. The Morgan fingerprint density at radius 3 is 2.79 bits per heavy atom. The van der Waals surface area contributed by atoms with Gasteiger partial charge in [0.25, 0.3) is 0 Å². The lowest BCUT2D eigenvalue weighted by molar-refractivity contribution is 0.751. The summed E-state index contributed by atoms with van der Waals surface area (Å²) in [5.74, 6) is 1.05. The summed E-state index contributed by atoms with van der Waals surface area (Å²) in [4.78, 5) is 6.61. The highest BCUT2D eigenvalue weighted by Gasteiger charge is 2.19. The summed E-state index contributed by atoms with van der Waals surface area (Å²) in [6.45, 7) is 4.03. The molecule has 78 valence electrons. The minimum atomic E-state index is 0. The number of hydrogen-bond acceptors (Lipinski definition) is 3. The third-order valence-corrected chi connectivity index (χ3v) is 2.44. The summed E-state index contributed by atoms with van der Waals surface area (Å²) in [5.41, 5.74) is 7.02. The highest BCUT2D eigenvalue weighted by atomic mass is 35.5. The van der Waals surface area contributed by atoms with Gasteiger partial charge in [-0.2, -0.15) is 0 Å². The minimum absolute atomic E-state index is 0. The lowest BCUT2D eigenvalue weighted by Crippen LogP contribution is -2.26. The monoisotopic (exact) mass is 213 g/mol. The van der Waals surface area contributed by atoms with E-state index in [2.05, 4.69) is 22.0 Å². The van der Waals surface area contributed by atoms with Crippen molar-refractivity contribution in [3.8, 4) is 0 Å². The molecule has 2 rings (SSSR count). The number of nitrogens with two attached hydrogens (primary N) is 1. The fourth-order valence-corrected chi connectivity index (χ4v) is 1.64. The molecule has 1 aromatic rings. The molecule has 0 saturated carbocycles. The Bertz CT molecular complexity index is 286. The Hall–Kier alpha value is -0.800. The lowest BCUT2D eigenvalue weighted by Gasteiger charge is -2.16. The van der Waals surface area contributed by atoms with Crippen molar-refractivity contribution in [2.24, 2.45) is 5.73 Å². The molecule has 1 saturated heterocycles. The SMILES string of the molecule is Cc1ccc(N2CC[C@@H](N)C2)nc1.Cl. The van der Waals surface area contributed by atoms with E-state index >= 15 is 0 Å². The van der Waals surface area contributed by atoms with Crippen LogP contribution in [-0.2, 0) is 0 Å². The van der Waals surface area contributed by atoms with E-state index in [1.54, 1.807) is 0 Å². The van der Waals surface area contributed by atoms with Crippen LogP contribution >= 0.6 is 12.4 Å². The number of nitrogens with zero attached hydrogens (tertiary/aromatic N) is 2. The molecule has 0 spiro atoms. The first-order valence-electron chi connectivity index (χ1n) is 4.69. The molecular formula is C10H16ClN3. The first kappa shape index (κ1) is 11.3. The van der Waals surface area contributed by atoms with Crippen molar-refractivity contribution < 1.29 is 0 Å². The van der Waals surface area contributed by atoms with E-state index in [9.17, 15) is 0 Å². The predicted octanol–water partition coefficient (Wildman–Crippen LogP) is 1.35. The van der Waals surface area contributed by atoms with E-state index in [1.807, 2.05) is 13.1 Å². The van der Waals surface area contributed by atoms with Crippen LogP contribution in [0, 0.1) is 6.92 Å². The zero-order valence-corrected chi connectivity index (χ0v) is 9.13. The van der Waals surface area contributed by atoms with Crippen LogP contribution in [0.5, 0.6) is 0 Å². The van der Waals surface area contributed by atoms with Gasteiger partial charge in [-0.05, 0) is 25.0 Å². The van der Waals surface area contributed by atoms with Gasteiger partial charge < -0.3 is 10.6 Å². The summed E-state index contributed by atoms with van der Waals surface area (Å²) < 4.78 is 0. The van der Waals surface area contributed by atoms with Crippen molar-refractivity contribution in [3.05, 3.63) is 23.9 Å². The number of anilines is 1. The summed E-state index contributed by atoms with van der Waals surface area (Å²) in [5, 5.41) is 0. The molecule has 2 heterocycles. The third kappa shape index (κ3) is 2.36. The van der Waals surface area contributed by atoms with Crippen molar-refractivity contribution in [2.45, 2.75) is 19.4 Å². The van der Waals surface area contributed by atoms with Gasteiger partial charge in [0, 0.05) is 25.3 Å². The molecule has 1 aromatic heterocycles. The van der Waals surface area contributed by atoms with Crippen LogP contribution in [0.2, 0.25) is 0 Å². The van der Waals surface area contributed by atoms with E-state index in [1.165, 1.54) is 5.56 Å². The fourth-order valence-electron chi connectivity index (χ4n) is 1.64. The molecular weight excluding hydrogens is 198 g/mol. The summed E-state index contributed by atoms with van der Waals surface area (Å²) in [7, 11) is 0. The first-order valence-corrected chi connectivity index (χ1v) is 4.69. The maximum absolute atomic E-state index is 5.82. The van der Waals surface area contributed by atoms with Crippen molar-refractivity contribution >= 4 is 18.2 Å². The second-order valence-corrected chi connectivity index (χ2v) is 3.69. The van der Waals surface area contributed by atoms with Gasteiger partial charge in [0.15, 0.2) is 0 Å². The van der Waals surface area contributed by atoms with Crippen molar-refractivity contribution in [1.29, 1.82) is 0 Å². The molecule has 0 radical (unpaired) electrons. The zero-order chi connectivity index (χ0) is 9.26. The quantitative estimate of drug-likeness (QED) is 0.766. The van der Waals surface area contributed by atoms with E-state index < -0.39 is 0 Å². The third-order valence-electron chi connectivity index (χ3n) is 2.44. The predicted molar refractivity (Wildman–Crippen MR) is 61.0 cm³/mol. The van der Waals surface area contributed by atoms with E-state index in [0.717, 1.165) is 25.3 Å². The van der Waals surface area contributed by atoms with Gasteiger partial charge in [0.1, 0.15) is 5.82 Å². The molecule has 4 heteroatoms. The summed E-state index contributed by atoms with van der Waals surface area (Å²) in [6, 6.07) is 4.47. The van der Waals surface area contributed by atoms with Gasteiger partial charge in [-0.3, -0.25) is 0 Å². The lowest BCUT2D eigenvalue weighted by atomic mass is 10.3. The van der Waals surface area contributed by atoms with E-state index in [-0.39, 0.29) is 12.4 Å². The standard InChI is InChI=1S/C10H15N3.ClH/c1-8-2-3-10(12-6-8)13-5-4-9(11)7-13;/h2-3,6,9H,4-5,7,11H2,1H3;1H/t9-;/m1./s1. The number of aromatic nitrogens is 1. The molecule has 1 aliphatic rings. The van der Waals surface area contributed by atoms with Crippen molar-refractivity contribution in [1.82, 2.24) is 4.98 Å². The van der Waals surface area contributed by atoms with E-state index in [4.69, 9.17) is 5.73 Å². The number of halogens is 1. The highest BCUT2D eigenvalue weighted by Crippen LogP contribution is 2.16. The molecule has 0 amide bonds. The molecule has 1 atom stereocenters.